The lowest BCUT2D eigenvalue weighted by atomic mass is 9.69. The molecule has 0 bridgehead atoms. The molecule has 0 saturated carbocycles. The number of allylic oxidation sites excluding steroid dienone is 5. The second-order valence-corrected chi connectivity index (χ2v) is 18.2. The first-order valence-corrected chi connectivity index (χ1v) is 22.4. The molecule has 2 aliphatic rings. The molecule has 63 heavy (non-hydrogen) atoms. The van der Waals surface area contributed by atoms with E-state index < -0.39 is 5.41 Å². The van der Waals surface area contributed by atoms with Crippen LogP contribution in [0.4, 0.5) is 22.7 Å². The molecule has 2 aliphatic carbocycles. The Bertz CT molecular complexity index is 3130. The third kappa shape index (κ3) is 6.47. The van der Waals surface area contributed by atoms with Gasteiger partial charge >= 0.3 is 0 Å². The van der Waals surface area contributed by atoms with Gasteiger partial charge in [-0.05, 0) is 169 Å². The number of nitrogen functional groups attached to an aromatic ring is 1. The van der Waals surface area contributed by atoms with Crippen molar-refractivity contribution in [1.29, 1.82) is 0 Å². The van der Waals surface area contributed by atoms with Crippen LogP contribution in [0.5, 0.6) is 0 Å². The lowest BCUT2D eigenvalue weighted by Crippen LogP contribution is -2.27. The fourth-order valence-electron chi connectivity index (χ4n) is 10.2. The summed E-state index contributed by atoms with van der Waals surface area (Å²) in [5.41, 5.74) is 27.7. The Hall–Kier alpha value is -6.84. The molecule has 10 rings (SSSR count). The molecule has 7 aromatic carbocycles. The number of nitrogens with zero attached hydrogens (tertiary/aromatic N) is 1. The molecule has 0 radical (unpaired) electrons. The summed E-state index contributed by atoms with van der Waals surface area (Å²) in [5, 5.41) is 3.48. The fraction of sp³-hybridized carbons (Fsp3) is 0.200. The molecule has 3 nitrogen and oxygen atoms in total. The highest BCUT2D eigenvalue weighted by Crippen LogP contribution is 2.66. The summed E-state index contributed by atoms with van der Waals surface area (Å²) in [6, 6.07) is 47.7. The Morgan fingerprint density at radius 1 is 0.635 bits per heavy atom. The third-order valence-corrected chi connectivity index (χ3v) is 13.4. The Kier molecular flexibility index (Phi) is 10.4. The van der Waals surface area contributed by atoms with Crippen LogP contribution in [0.15, 0.2) is 156 Å². The van der Waals surface area contributed by atoms with Gasteiger partial charge in [0, 0.05) is 50.9 Å². The minimum absolute atomic E-state index is 0.0511. The van der Waals surface area contributed by atoms with Crippen LogP contribution in [0.1, 0.15) is 106 Å². The molecular formula is C60H58N2O. The van der Waals surface area contributed by atoms with E-state index in [0.717, 1.165) is 50.6 Å². The lowest BCUT2D eigenvalue weighted by Gasteiger charge is -2.31. The zero-order chi connectivity index (χ0) is 44.4. The number of benzene rings is 7. The van der Waals surface area contributed by atoms with Crippen molar-refractivity contribution in [2.75, 3.05) is 10.6 Å². The molecule has 8 aromatic rings. The molecule has 1 aromatic heterocycles. The highest BCUT2D eigenvalue weighted by Gasteiger charge is 2.53. The molecule has 0 atom stereocenters. The van der Waals surface area contributed by atoms with Crippen LogP contribution in [0, 0.1) is 13.8 Å². The second kappa shape index (κ2) is 15.8. The molecule has 0 unspecified atom stereocenters. The quantitative estimate of drug-likeness (QED) is 0.139. The van der Waals surface area contributed by atoms with Gasteiger partial charge in [-0.3, -0.25) is 0 Å². The number of aryl methyl sites for hydroxylation is 2. The van der Waals surface area contributed by atoms with Crippen molar-refractivity contribution < 1.29 is 4.42 Å². The molecule has 0 fully saturated rings. The average Bonchev–Trinajstić information content (AvgIpc) is 3.88. The van der Waals surface area contributed by atoms with Gasteiger partial charge in [-0.1, -0.05) is 124 Å². The molecular weight excluding hydrogens is 765 g/mol. The molecule has 314 valence electrons. The molecule has 0 saturated heterocycles. The van der Waals surface area contributed by atoms with Gasteiger partial charge in [-0.2, -0.15) is 0 Å². The number of furan rings is 1. The molecule has 1 spiro atoms. The van der Waals surface area contributed by atoms with Crippen molar-refractivity contribution in [3.8, 4) is 22.3 Å². The van der Waals surface area contributed by atoms with Gasteiger partial charge < -0.3 is 15.1 Å². The van der Waals surface area contributed by atoms with E-state index in [1.165, 1.54) is 72.0 Å². The maximum atomic E-state index is 7.34. The van der Waals surface area contributed by atoms with E-state index in [-0.39, 0.29) is 5.41 Å². The van der Waals surface area contributed by atoms with Crippen LogP contribution < -0.4 is 10.6 Å². The summed E-state index contributed by atoms with van der Waals surface area (Å²) < 4.78 is 6.50. The minimum atomic E-state index is -0.614. The van der Waals surface area contributed by atoms with Crippen molar-refractivity contribution in [2.24, 2.45) is 0 Å². The number of hydrogen-bond donors (Lipinski definition) is 1. The lowest BCUT2D eigenvalue weighted by molar-refractivity contribution is 0.577. The fourth-order valence-corrected chi connectivity index (χ4v) is 10.2. The minimum Gasteiger partial charge on any atom is -0.461 e. The monoisotopic (exact) mass is 822 g/mol. The highest BCUT2D eigenvalue weighted by molar-refractivity contribution is 6.12. The topological polar surface area (TPSA) is 42.4 Å². The Labute approximate surface area is 373 Å². The van der Waals surface area contributed by atoms with Gasteiger partial charge in [0.25, 0.3) is 0 Å². The van der Waals surface area contributed by atoms with Gasteiger partial charge in [0.15, 0.2) is 0 Å². The van der Waals surface area contributed by atoms with E-state index in [2.05, 4.69) is 206 Å². The van der Waals surface area contributed by atoms with E-state index in [1.54, 1.807) is 0 Å². The van der Waals surface area contributed by atoms with Crippen LogP contribution in [0.2, 0.25) is 0 Å². The summed E-state index contributed by atoms with van der Waals surface area (Å²) in [6.45, 7) is 21.5. The van der Waals surface area contributed by atoms with Gasteiger partial charge in [-0.25, -0.2) is 0 Å². The molecule has 3 heteroatoms. The standard InChI is InChI=1S/C56H50N2O.C4H8/c1-9-15-42-35(5)59-51-32-50(57)54-53(52(42)51)46-29-36-21-25-40(28-37(36)30-49(46)56(54)47-18-13-11-16-43(47)44-17-12-14-19-48(44)56)58(39-26-22-38(23-27-39)55(6,7)8)41-24-20-34(4)45(31-41)33(3)10-2;1-3-4-2/h9-32H,57H2,1-8H3;3-4H,1-2H3/b15-9-,33-10+;4-3-. The van der Waals surface area contributed by atoms with Gasteiger partial charge in [0.2, 0.25) is 0 Å². The first-order chi connectivity index (χ1) is 30.4. The van der Waals surface area contributed by atoms with E-state index in [1.807, 2.05) is 26.0 Å². The maximum Gasteiger partial charge on any atom is 0.137 e. The van der Waals surface area contributed by atoms with Crippen molar-refractivity contribution in [2.45, 2.75) is 80.1 Å². The number of nitrogens with two attached hydrogens (primary N) is 1. The predicted molar refractivity (Wildman–Crippen MR) is 272 cm³/mol. The van der Waals surface area contributed by atoms with Gasteiger partial charge in [-0.15, -0.1) is 0 Å². The van der Waals surface area contributed by atoms with E-state index in [0.29, 0.717) is 0 Å². The summed E-state index contributed by atoms with van der Waals surface area (Å²) >= 11 is 0. The van der Waals surface area contributed by atoms with Gasteiger partial charge in [0.1, 0.15) is 11.3 Å². The summed E-state index contributed by atoms with van der Waals surface area (Å²) in [4.78, 5) is 2.41. The molecule has 1 heterocycles. The van der Waals surface area contributed by atoms with Crippen LogP contribution in [-0.4, -0.2) is 0 Å². The third-order valence-electron chi connectivity index (χ3n) is 13.4. The summed E-state index contributed by atoms with van der Waals surface area (Å²) in [7, 11) is 0. The van der Waals surface area contributed by atoms with Crippen molar-refractivity contribution in [3.63, 3.8) is 0 Å². The zero-order valence-electron chi connectivity index (χ0n) is 38.4. The maximum absolute atomic E-state index is 7.34. The smallest absolute Gasteiger partial charge is 0.137 e. The molecule has 2 N–H and O–H groups in total. The van der Waals surface area contributed by atoms with E-state index in [4.69, 9.17) is 10.2 Å². The van der Waals surface area contributed by atoms with E-state index >= 15 is 0 Å². The van der Waals surface area contributed by atoms with Crippen LogP contribution in [-0.2, 0) is 10.8 Å². The van der Waals surface area contributed by atoms with Crippen LogP contribution >= 0.6 is 0 Å². The molecule has 0 amide bonds. The Balaban J connectivity index is 0.00000121. The van der Waals surface area contributed by atoms with E-state index in [9.17, 15) is 0 Å². The number of rotatable bonds is 5. The van der Waals surface area contributed by atoms with Crippen LogP contribution in [0.3, 0.4) is 0 Å². The number of hydrogen-bond acceptors (Lipinski definition) is 3. The van der Waals surface area contributed by atoms with Crippen molar-refractivity contribution in [3.05, 3.63) is 202 Å². The summed E-state index contributed by atoms with van der Waals surface area (Å²) in [5.74, 6) is 0.894. The highest BCUT2D eigenvalue weighted by atomic mass is 16.3. The van der Waals surface area contributed by atoms with Crippen molar-refractivity contribution in [1.82, 2.24) is 0 Å². The second-order valence-electron chi connectivity index (χ2n) is 18.2. The Morgan fingerprint density at radius 3 is 1.87 bits per heavy atom. The SMILES string of the molecule is C/C=C\C.C/C=C\c1c(C)oc2cc(N)c3c(c12)-c1cc2ccc(N(c4ccc(C(C)(C)C)cc4)c4ccc(C)c(/C(C)=C/C)c4)cc2cc1C31c2ccccc2-c2ccccc21. The average molecular weight is 823 g/mol. The van der Waals surface area contributed by atoms with Crippen LogP contribution in [0.25, 0.3) is 55.6 Å². The number of fused-ring (bicyclic) bond motifs is 13. The van der Waals surface area contributed by atoms with Crippen molar-refractivity contribution >= 4 is 56.1 Å². The first-order valence-electron chi connectivity index (χ1n) is 22.4. The molecule has 0 aliphatic heterocycles. The predicted octanol–water partition coefficient (Wildman–Crippen LogP) is 16.9. The summed E-state index contributed by atoms with van der Waals surface area (Å²) in [6.07, 6.45) is 10.5. The first kappa shape index (κ1) is 41.5. The van der Waals surface area contributed by atoms with Gasteiger partial charge in [0.05, 0.1) is 5.41 Å². The number of anilines is 4. The normalized spacial score (nSPS) is 13.7. The zero-order valence-corrected chi connectivity index (χ0v) is 38.4. The largest absolute Gasteiger partial charge is 0.461 e. The Morgan fingerprint density at radius 2 is 1.25 bits per heavy atom.